The second-order valence-corrected chi connectivity index (χ2v) is 10.7. The van der Waals surface area contributed by atoms with Gasteiger partial charge in [-0.2, -0.15) is 0 Å². The maximum Gasteiger partial charge on any atom is 0.361 e. The van der Waals surface area contributed by atoms with Crippen LogP contribution in [0.2, 0.25) is 0 Å². The van der Waals surface area contributed by atoms with Crippen LogP contribution in [0.4, 0.5) is 0 Å². The van der Waals surface area contributed by atoms with Crippen LogP contribution in [0.15, 0.2) is 84.9 Å². The predicted molar refractivity (Wildman–Crippen MR) is 143 cm³/mol. The van der Waals surface area contributed by atoms with Crippen LogP contribution in [0.1, 0.15) is 25.0 Å². The lowest BCUT2D eigenvalue weighted by Crippen LogP contribution is -2.11. The summed E-state index contributed by atoms with van der Waals surface area (Å²) in [6, 6.07) is 29.1. The second-order valence-electron chi connectivity index (χ2n) is 8.71. The van der Waals surface area contributed by atoms with Gasteiger partial charge >= 0.3 is 7.60 Å². The summed E-state index contributed by atoms with van der Waals surface area (Å²) in [6.45, 7) is 4.29. The summed E-state index contributed by atoms with van der Waals surface area (Å²) in [6.07, 6.45) is 0.811. The Kier molecular flexibility index (Phi) is 5.53. The average Bonchev–Trinajstić information content (AvgIpc) is 3.28. The SMILES string of the molecule is CCOP(=O)(OCC)c1ccc2nc(-c3cccc4ccccc34)c3c(c2c1)-c1ccccc1C3. The van der Waals surface area contributed by atoms with E-state index in [1.54, 1.807) is 0 Å². The summed E-state index contributed by atoms with van der Waals surface area (Å²) >= 11 is 0. The maximum atomic E-state index is 13.6. The normalized spacial score (nSPS) is 12.7. The molecule has 0 amide bonds. The largest absolute Gasteiger partial charge is 0.361 e. The van der Waals surface area contributed by atoms with E-state index < -0.39 is 7.60 Å². The van der Waals surface area contributed by atoms with Gasteiger partial charge in [0.1, 0.15) is 0 Å². The van der Waals surface area contributed by atoms with Crippen LogP contribution in [0.3, 0.4) is 0 Å². The monoisotopic (exact) mass is 479 g/mol. The first-order valence-electron chi connectivity index (χ1n) is 12.1. The fraction of sp³-hybridized carbons (Fsp3) is 0.167. The molecule has 0 unspecified atom stereocenters. The predicted octanol–water partition coefficient (Wildman–Crippen LogP) is 7.52. The fourth-order valence-corrected chi connectivity index (χ4v) is 6.83. The van der Waals surface area contributed by atoms with Gasteiger partial charge in [-0.1, -0.05) is 66.7 Å². The van der Waals surface area contributed by atoms with Crippen molar-refractivity contribution in [2.24, 2.45) is 0 Å². The quantitative estimate of drug-likeness (QED) is 0.232. The van der Waals surface area contributed by atoms with Crippen molar-refractivity contribution in [1.29, 1.82) is 0 Å². The van der Waals surface area contributed by atoms with Crippen LogP contribution in [0.5, 0.6) is 0 Å². The first-order chi connectivity index (χ1) is 17.1. The first kappa shape index (κ1) is 22.2. The van der Waals surface area contributed by atoms with Crippen LogP contribution in [0, 0.1) is 0 Å². The molecule has 0 aliphatic heterocycles. The third-order valence-corrected chi connectivity index (χ3v) is 8.79. The Balaban J connectivity index is 1.66. The summed E-state index contributed by atoms with van der Waals surface area (Å²) < 4.78 is 24.9. The highest BCUT2D eigenvalue weighted by Gasteiger charge is 2.30. The minimum atomic E-state index is -3.42. The number of pyridine rings is 1. The molecule has 0 spiro atoms. The van der Waals surface area contributed by atoms with Crippen LogP contribution in [-0.4, -0.2) is 18.2 Å². The van der Waals surface area contributed by atoms with Crippen molar-refractivity contribution in [3.8, 4) is 22.4 Å². The van der Waals surface area contributed by atoms with Crippen molar-refractivity contribution < 1.29 is 13.6 Å². The molecule has 1 aromatic heterocycles. The number of hydrogen-bond acceptors (Lipinski definition) is 4. The van der Waals surface area contributed by atoms with Crippen LogP contribution in [0.25, 0.3) is 44.1 Å². The Labute approximate surface area is 205 Å². The van der Waals surface area contributed by atoms with Gasteiger partial charge in [-0.15, -0.1) is 0 Å². The number of benzene rings is 4. The molecule has 5 heteroatoms. The average molecular weight is 480 g/mol. The molecule has 1 aliphatic carbocycles. The highest BCUT2D eigenvalue weighted by Crippen LogP contribution is 2.49. The van der Waals surface area contributed by atoms with E-state index in [1.807, 2.05) is 32.0 Å². The van der Waals surface area contributed by atoms with Gasteiger partial charge in [0.15, 0.2) is 0 Å². The van der Waals surface area contributed by atoms with Gasteiger partial charge in [0.2, 0.25) is 0 Å². The molecule has 0 saturated heterocycles. The van der Waals surface area contributed by atoms with Gasteiger partial charge in [0, 0.05) is 17.4 Å². The highest BCUT2D eigenvalue weighted by molar-refractivity contribution is 7.62. The zero-order valence-electron chi connectivity index (χ0n) is 19.8. The summed E-state index contributed by atoms with van der Waals surface area (Å²) in [5, 5.41) is 3.93. The van der Waals surface area contributed by atoms with E-state index in [9.17, 15) is 4.57 Å². The summed E-state index contributed by atoms with van der Waals surface area (Å²) in [5.74, 6) is 0. The molecule has 1 aliphatic rings. The topological polar surface area (TPSA) is 48.4 Å². The van der Waals surface area contributed by atoms with Crippen molar-refractivity contribution >= 4 is 34.6 Å². The third kappa shape index (κ3) is 3.61. The molecular formula is C30H26NO3P. The molecular weight excluding hydrogens is 453 g/mol. The van der Waals surface area contributed by atoms with E-state index in [1.165, 1.54) is 27.5 Å². The molecule has 1 heterocycles. The summed E-state index contributed by atoms with van der Waals surface area (Å²) in [7, 11) is -3.42. The van der Waals surface area contributed by atoms with Crippen molar-refractivity contribution in [2.75, 3.05) is 13.2 Å². The van der Waals surface area contributed by atoms with Crippen molar-refractivity contribution in [3.63, 3.8) is 0 Å². The van der Waals surface area contributed by atoms with Gasteiger partial charge in [0.25, 0.3) is 0 Å². The van der Waals surface area contributed by atoms with Crippen molar-refractivity contribution in [3.05, 3.63) is 96.1 Å². The zero-order chi connectivity index (χ0) is 24.0. The van der Waals surface area contributed by atoms with Gasteiger partial charge in [0.05, 0.1) is 29.7 Å². The Morgan fingerprint density at radius 1 is 0.800 bits per heavy atom. The molecule has 0 atom stereocenters. The van der Waals surface area contributed by atoms with Crippen LogP contribution < -0.4 is 5.30 Å². The smallest absolute Gasteiger partial charge is 0.305 e. The molecule has 6 rings (SSSR count). The standard InChI is InChI=1S/C30H26NO3P/c1-3-33-35(32,34-4-2)22-16-17-28-26(19-22)29-24-14-8-6-11-21(24)18-27(29)30(31-28)25-15-9-12-20-10-5-7-13-23(20)25/h5-17,19H,3-4,18H2,1-2H3. The van der Waals surface area contributed by atoms with Crippen molar-refractivity contribution in [2.45, 2.75) is 20.3 Å². The lowest BCUT2D eigenvalue weighted by atomic mass is 9.94. The fourth-order valence-electron chi connectivity index (χ4n) is 5.23. The minimum Gasteiger partial charge on any atom is -0.305 e. The number of nitrogens with zero attached hydrogens (tertiary/aromatic N) is 1. The summed E-state index contributed by atoms with van der Waals surface area (Å²) in [4.78, 5) is 5.19. The van der Waals surface area contributed by atoms with E-state index in [0.29, 0.717) is 18.5 Å². The number of fused-ring (bicyclic) bond motifs is 6. The molecule has 4 aromatic carbocycles. The Morgan fingerprint density at radius 2 is 1.51 bits per heavy atom. The molecule has 0 N–H and O–H groups in total. The molecule has 0 radical (unpaired) electrons. The molecule has 0 fully saturated rings. The van der Waals surface area contributed by atoms with Gasteiger partial charge in [-0.05, 0) is 65.1 Å². The summed E-state index contributed by atoms with van der Waals surface area (Å²) in [5.41, 5.74) is 7.85. The third-order valence-electron chi connectivity index (χ3n) is 6.68. The molecule has 174 valence electrons. The zero-order valence-corrected chi connectivity index (χ0v) is 20.7. The van der Waals surface area contributed by atoms with E-state index in [0.717, 1.165) is 34.1 Å². The lowest BCUT2D eigenvalue weighted by Gasteiger charge is -2.19. The van der Waals surface area contributed by atoms with Gasteiger partial charge in [-0.25, -0.2) is 4.98 Å². The number of hydrogen-bond donors (Lipinski definition) is 0. The molecule has 0 bridgehead atoms. The van der Waals surface area contributed by atoms with E-state index in [-0.39, 0.29) is 0 Å². The van der Waals surface area contributed by atoms with Crippen LogP contribution >= 0.6 is 7.60 Å². The molecule has 35 heavy (non-hydrogen) atoms. The van der Waals surface area contributed by atoms with E-state index in [4.69, 9.17) is 14.0 Å². The van der Waals surface area contributed by atoms with E-state index in [2.05, 4.69) is 66.7 Å². The Morgan fingerprint density at radius 3 is 2.34 bits per heavy atom. The van der Waals surface area contributed by atoms with Crippen LogP contribution in [-0.2, 0) is 20.0 Å². The molecule has 4 nitrogen and oxygen atoms in total. The molecule has 0 saturated carbocycles. The number of aromatic nitrogens is 1. The van der Waals surface area contributed by atoms with Gasteiger partial charge < -0.3 is 9.05 Å². The Hall–Kier alpha value is -3.30. The van der Waals surface area contributed by atoms with Crippen molar-refractivity contribution in [1.82, 2.24) is 4.98 Å². The minimum absolute atomic E-state index is 0.314. The van der Waals surface area contributed by atoms with Gasteiger partial charge in [-0.3, -0.25) is 4.57 Å². The Bertz CT molecular complexity index is 1630. The number of rotatable bonds is 6. The highest BCUT2D eigenvalue weighted by atomic mass is 31.2. The lowest BCUT2D eigenvalue weighted by molar-refractivity contribution is 0.230. The molecule has 5 aromatic rings. The maximum absolute atomic E-state index is 13.6. The second kappa shape index (κ2) is 8.73. The van der Waals surface area contributed by atoms with E-state index >= 15 is 0 Å². The first-order valence-corrected chi connectivity index (χ1v) is 13.6.